The van der Waals surface area contributed by atoms with E-state index in [2.05, 4.69) is 5.32 Å². The van der Waals surface area contributed by atoms with E-state index < -0.39 is 15.8 Å². The highest BCUT2D eigenvalue weighted by atomic mass is 32.2. The summed E-state index contributed by atoms with van der Waals surface area (Å²) >= 11 is 0. The molecule has 1 N–H and O–H groups in total. The van der Waals surface area contributed by atoms with Gasteiger partial charge in [-0.1, -0.05) is 13.0 Å². The summed E-state index contributed by atoms with van der Waals surface area (Å²) < 4.78 is 39.7. The van der Waals surface area contributed by atoms with Crippen LogP contribution in [0, 0.1) is 5.82 Å². The number of halogens is 1. The Labute approximate surface area is 113 Å². The highest BCUT2D eigenvalue weighted by molar-refractivity contribution is 7.89. The summed E-state index contributed by atoms with van der Waals surface area (Å²) in [6.07, 6.45) is 1.71. The monoisotopic (exact) mass is 286 g/mol. The third-order valence-corrected chi connectivity index (χ3v) is 5.24. The molecule has 2 rings (SSSR count). The van der Waals surface area contributed by atoms with Gasteiger partial charge in [-0.3, -0.25) is 0 Å². The Morgan fingerprint density at radius 2 is 2.11 bits per heavy atom. The van der Waals surface area contributed by atoms with Crippen LogP contribution in [0.15, 0.2) is 23.1 Å². The van der Waals surface area contributed by atoms with Crippen LogP contribution in [0.1, 0.15) is 25.3 Å². The second-order valence-corrected chi connectivity index (χ2v) is 6.76. The Morgan fingerprint density at radius 3 is 2.63 bits per heavy atom. The summed E-state index contributed by atoms with van der Waals surface area (Å²) in [7, 11) is -2.19. The molecule has 0 amide bonds. The molecule has 0 saturated heterocycles. The van der Waals surface area contributed by atoms with E-state index in [1.807, 2.05) is 6.92 Å². The topological polar surface area (TPSA) is 49.4 Å². The fraction of sp³-hybridized carbons (Fsp3) is 0.538. The van der Waals surface area contributed by atoms with E-state index in [0.717, 1.165) is 24.9 Å². The van der Waals surface area contributed by atoms with E-state index >= 15 is 0 Å². The zero-order valence-electron chi connectivity index (χ0n) is 11.2. The molecule has 0 radical (unpaired) electrons. The molecule has 0 heterocycles. The summed E-state index contributed by atoms with van der Waals surface area (Å²) in [6.45, 7) is 3.28. The van der Waals surface area contributed by atoms with Crippen molar-refractivity contribution < 1.29 is 12.8 Å². The Kier molecular flexibility index (Phi) is 4.23. The summed E-state index contributed by atoms with van der Waals surface area (Å²) in [4.78, 5) is -0.234. The molecule has 6 heteroatoms. The molecular formula is C13H19FN2O2S. The van der Waals surface area contributed by atoms with Gasteiger partial charge < -0.3 is 5.32 Å². The maximum atomic E-state index is 14.0. The van der Waals surface area contributed by atoms with Crippen molar-refractivity contribution >= 4 is 10.0 Å². The van der Waals surface area contributed by atoms with Crippen LogP contribution in [-0.2, 0) is 16.6 Å². The van der Waals surface area contributed by atoms with Gasteiger partial charge in [0.05, 0.1) is 0 Å². The van der Waals surface area contributed by atoms with Crippen LogP contribution in [0.5, 0.6) is 0 Å². The van der Waals surface area contributed by atoms with E-state index in [1.165, 1.54) is 23.5 Å². The van der Waals surface area contributed by atoms with Crippen molar-refractivity contribution in [2.45, 2.75) is 37.2 Å². The molecule has 1 fully saturated rings. The molecule has 0 spiro atoms. The molecule has 1 aliphatic rings. The fourth-order valence-corrected chi connectivity index (χ4v) is 3.38. The number of benzene rings is 1. The molecule has 1 aromatic rings. The van der Waals surface area contributed by atoms with Gasteiger partial charge in [-0.15, -0.1) is 0 Å². The van der Waals surface area contributed by atoms with Gasteiger partial charge in [0.1, 0.15) is 10.7 Å². The molecule has 0 aliphatic heterocycles. The molecule has 19 heavy (non-hydrogen) atoms. The third-order valence-electron chi connectivity index (χ3n) is 3.29. The van der Waals surface area contributed by atoms with Crippen molar-refractivity contribution in [2.24, 2.45) is 0 Å². The first-order valence-corrected chi connectivity index (χ1v) is 7.88. The van der Waals surface area contributed by atoms with E-state index in [9.17, 15) is 12.8 Å². The molecule has 0 unspecified atom stereocenters. The van der Waals surface area contributed by atoms with Crippen molar-refractivity contribution in [3.05, 3.63) is 29.6 Å². The molecule has 106 valence electrons. The lowest BCUT2D eigenvalue weighted by atomic mass is 10.2. The van der Waals surface area contributed by atoms with Crippen molar-refractivity contribution in [3.8, 4) is 0 Å². The average molecular weight is 286 g/mol. The van der Waals surface area contributed by atoms with Gasteiger partial charge in [0.15, 0.2) is 0 Å². The van der Waals surface area contributed by atoms with E-state index in [-0.39, 0.29) is 10.9 Å². The molecule has 1 saturated carbocycles. The second-order valence-electron chi connectivity index (χ2n) is 4.80. The molecule has 1 aliphatic carbocycles. The van der Waals surface area contributed by atoms with Crippen LogP contribution >= 0.6 is 0 Å². The lowest BCUT2D eigenvalue weighted by Crippen LogP contribution is -2.29. The maximum Gasteiger partial charge on any atom is 0.245 e. The number of nitrogens with zero attached hydrogens (tertiary/aromatic N) is 1. The Bertz CT molecular complexity index is 556. The molecule has 1 aromatic carbocycles. The van der Waals surface area contributed by atoms with Crippen molar-refractivity contribution in [3.63, 3.8) is 0 Å². The highest BCUT2D eigenvalue weighted by Crippen LogP contribution is 2.31. The zero-order valence-corrected chi connectivity index (χ0v) is 12.0. The molecule has 0 bridgehead atoms. The molecule has 4 nitrogen and oxygen atoms in total. The van der Waals surface area contributed by atoms with Gasteiger partial charge in [0, 0.05) is 19.6 Å². The number of hydrogen-bond donors (Lipinski definition) is 1. The summed E-state index contributed by atoms with van der Waals surface area (Å²) in [5.41, 5.74) is 0.743. The minimum Gasteiger partial charge on any atom is -0.313 e. The summed E-state index contributed by atoms with van der Waals surface area (Å²) in [5, 5.41) is 3.07. The Balaban J connectivity index is 2.24. The van der Waals surface area contributed by atoms with Gasteiger partial charge >= 0.3 is 0 Å². The van der Waals surface area contributed by atoms with Gasteiger partial charge in [-0.2, -0.15) is 4.31 Å². The van der Waals surface area contributed by atoms with Crippen LogP contribution in [0.3, 0.4) is 0 Å². The van der Waals surface area contributed by atoms with E-state index in [4.69, 9.17) is 0 Å². The molecule has 0 atom stereocenters. The fourth-order valence-electron chi connectivity index (χ4n) is 1.92. The van der Waals surface area contributed by atoms with Crippen LogP contribution in [0.25, 0.3) is 0 Å². The van der Waals surface area contributed by atoms with Crippen LogP contribution < -0.4 is 5.32 Å². The minimum absolute atomic E-state index is 0.0332. The van der Waals surface area contributed by atoms with Crippen molar-refractivity contribution in [1.82, 2.24) is 9.62 Å². The SMILES string of the molecule is CCNCc1ccc(S(=O)(=O)N(C)C2CC2)c(F)c1. The first-order valence-electron chi connectivity index (χ1n) is 6.44. The quantitative estimate of drug-likeness (QED) is 0.866. The summed E-state index contributed by atoms with van der Waals surface area (Å²) in [6, 6.07) is 4.33. The summed E-state index contributed by atoms with van der Waals surface area (Å²) in [5.74, 6) is -0.678. The van der Waals surface area contributed by atoms with Gasteiger partial charge in [-0.25, -0.2) is 12.8 Å². The highest BCUT2D eigenvalue weighted by Gasteiger charge is 2.36. The standard InChI is InChI=1S/C13H19FN2O2S/c1-3-15-9-10-4-7-13(12(14)8-10)19(17,18)16(2)11-5-6-11/h4,7-8,11,15H,3,5-6,9H2,1-2H3. The van der Waals surface area contributed by atoms with E-state index in [1.54, 1.807) is 6.07 Å². The minimum atomic E-state index is -3.71. The van der Waals surface area contributed by atoms with Crippen molar-refractivity contribution in [1.29, 1.82) is 0 Å². The third kappa shape index (κ3) is 3.13. The van der Waals surface area contributed by atoms with Gasteiger partial charge in [0.25, 0.3) is 0 Å². The zero-order chi connectivity index (χ0) is 14.0. The molecule has 0 aromatic heterocycles. The smallest absolute Gasteiger partial charge is 0.245 e. The first kappa shape index (κ1) is 14.4. The largest absolute Gasteiger partial charge is 0.313 e. The normalized spacial score (nSPS) is 16.0. The number of rotatable bonds is 6. The Hall–Kier alpha value is -0.980. The Morgan fingerprint density at radius 1 is 1.42 bits per heavy atom. The van der Waals surface area contributed by atoms with Crippen LogP contribution in [0.2, 0.25) is 0 Å². The number of nitrogens with one attached hydrogen (secondary N) is 1. The molecular weight excluding hydrogens is 267 g/mol. The number of hydrogen-bond acceptors (Lipinski definition) is 3. The van der Waals surface area contributed by atoms with Gasteiger partial charge in [0.2, 0.25) is 10.0 Å². The first-order chi connectivity index (χ1) is 8.96. The lowest BCUT2D eigenvalue weighted by molar-refractivity contribution is 0.457. The maximum absolute atomic E-state index is 14.0. The van der Waals surface area contributed by atoms with Crippen LogP contribution in [0.4, 0.5) is 4.39 Å². The van der Waals surface area contributed by atoms with Gasteiger partial charge in [-0.05, 0) is 37.1 Å². The lowest BCUT2D eigenvalue weighted by Gasteiger charge is -2.17. The van der Waals surface area contributed by atoms with Crippen molar-refractivity contribution in [2.75, 3.05) is 13.6 Å². The predicted molar refractivity (Wildman–Crippen MR) is 71.8 cm³/mol. The average Bonchev–Trinajstić information content (AvgIpc) is 3.19. The second kappa shape index (κ2) is 5.56. The van der Waals surface area contributed by atoms with E-state index in [0.29, 0.717) is 6.54 Å². The number of sulfonamides is 1. The van der Waals surface area contributed by atoms with Crippen LogP contribution in [-0.4, -0.2) is 32.4 Å². The predicted octanol–water partition coefficient (Wildman–Crippen LogP) is 1.72.